The van der Waals surface area contributed by atoms with E-state index in [-0.39, 0.29) is 24.2 Å². The van der Waals surface area contributed by atoms with E-state index in [0.717, 1.165) is 0 Å². The van der Waals surface area contributed by atoms with Gasteiger partial charge in [0.15, 0.2) is 5.82 Å². The molecule has 2 aromatic carbocycles. The number of hydrogen-bond acceptors (Lipinski definition) is 6. The van der Waals surface area contributed by atoms with Gasteiger partial charge in [-0.1, -0.05) is 35.5 Å². The Morgan fingerprint density at radius 2 is 1.97 bits per heavy atom. The van der Waals surface area contributed by atoms with Crippen LogP contribution in [0.3, 0.4) is 0 Å². The third-order valence-corrected chi connectivity index (χ3v) is 4.91. The number of carbonyl (C=O) groups excluding carboxylic acids is 1. The molecule has 0 aliphatic carbocycles. The fourth-order valence-corrected chi connectivity index (χ4v) is 3.22. The molecule has 30 heavy (non-hydrogen) atoms. The van der Waals surface area contributed by atoms with Crippen molar-refractivity contribution >= 4 is 5.91 Å². The van der Waals surface area contributed by atoms with Crippen molar-refractivity contribution < 1.29 is 23.2 Å². The van der Waals surface area contributed by atoms with Gasteiger partial charge < -0.3 is 18.9 Å². The van der Waals surface area contributed by atoms with Gasteiger partial charge in [-0.15, -0.1) is 0 Å². The van der Waals surface area contributed by atoms with Gasteiger partial charge in [0, 0.05) is 13.5 Å². The molecule has 1 aliphatic heterocycles. The number of rotatable bonds is 8. The van der Waals surface area contributed by atoms with Crippen molar-refractivity contribution in [1.29, 1.82) is 0 Å². The molecule has 0 N–H and O–H groups in total. The van der Waals surface area contributed by atoms with E-state index < -0.39 is 0 Å². The van der Waals surface area contributed by atoms with E-state index in [1.54, 1.807) is 30.2 Å². The maximum absolute atomic E-state index is 13.8. The largest absolute Gasteiger partial charge is 0.486 e. The van der Waals surface area contributed by atoms with Crippen molar-refractivity contribution in [3.8, 4) is 17.2 Å². The lowest BCUT2D eigenvalue weighted by atomic mass is 10.1. The van der Waals surface area contributed by atoms with Crippen LogP contribution < -0.4 is 4.74 Å². The monoisotopic (exact) mass is 411 g/mol. The van der Waals surface area contributed by atoms with Crippen molar-refractivity contribution in [2.45, 2.75) is 18.9 Å². The third kappa shape index (κ3) is 4.49. The molecule has 156 valence electrons. The summed E-state index contributed by atoms with van der Waals surface area (Å²) < 4.78 is 30.2. The Morgan fingerprint density at radius 1 is 1.20 bits per heavy atom. The van der Waals surface area contributed by atoms with Gasteiger partial charge in [-0.25, -0.2) is 4.39 Å². The Morgan fingerprint density at radius 3 is 2.77 bits per heavy atom. The van der Waals surface area contributed by atoms with Crippen LogP contribution in [-0.4, -0.2) is 53.9 Å². The van der Waals surface area contributed by atoms with Crippen LogP contribution in [0.15, 0.2) is 53.1 Å². The molecule has 2 heterocycles. The molecular weight excluding hydrogens is 389 g/mol. The van der Waals surface area contributed by atoms with Crippen molar-refractivity contribution in [3.63, 3.8) is 0 Å². The summed E-state index contributed by atoms with van der Waals surface area (Å²) in [7, 11) is 1.62. The second-order valence-corrected chi connectivity index (χ2v) is 7.06. The van der Waals surface area contributed by atoms with Gasteiger partial charge in [-0.2, -0.15) is 4.98 Å². The maximum atomic E-state index is 13.8. The maximum Gasteiger partial charge on any atom is 0.261 e. The van der Waals surface area contributed by atoms with Crippen molar-refractivity contribution in [2.24, 2.45) is 0 Å². The number of amides is 1. The highest BCUT2D eigenvalue weighted by molar-refractivity contribution is 5.79. The molecule has 1 fully saturated rings. The van der Waals surface area contributed by atoms with Crippen LogP contribution >= 0.6 is 0 Å². The number of carbonyl (C=O) groups is 1. The van der Waals surface area contributed by atoms with E-state index in [0.29, 0.717) is 54.7 Å². The lowest BCUT2D eigenvalue weighted by Crippen LogP contribution is -2.56. The molecule has 4 rings (SSSR count). The Hall–Kier alpha value is -3.26. The zero-order valence-electron chi connectivity index (χ0n) is 16.6. The number of benzene rings is 2. The number of hydrogen-bond donors (Lipinski definition) is 0. The number of nitrogens with zero attached hydrogens (tertiary/aromatic N) is 3. The minimum Gasteiger partial charge on any atom is -0.486 e. The quantitative estimate of drug-likeness (QED) is 0.567. The summed E-state index contributed by atoms with van der Waals surface area (Å²) >= 11 is 0. The van der Waals surface area contributed by atoms with Gasteiger partial charge in [0.1, 0.15) is 17.7 Å². The Balaban J connectivity index is 1.36. The molecule has 0 saturated carbocycles. The van der Waals surface area contributed by atoms with Crippen LogP contribution in [0.4, 0.5) is 4.39 Å². The van der Waals surface area contributed by atoms with E-state index in [2.05, 4.69) is 10.1 Å². The summed E-state index contributed by atoms with van der Waals surface area (Å²) in [5.74, 6) is 1.08. The van der Waals surface area contributed by atoms with Gasteiger partial charge in [-0.3, -0.25) is 4.79 Å². The highest BCUT2D eigenvalue weighted by atomic mass is 19.1. The van der Waals surface area contributed by atoms with Crippen LogP contribution in [-0.2, 0) is 22.4 Å². The smallest absolute Gasteiger partial charge is 0.261 e. The molecule has 1 amide bonds. The zero-order chi connectivity index (χ0) is 20.9. The molecule has 1 aliphatic rings. The van der Waals surface area contributed by atoms with Gasteiger partial charge in [0.2, 0.25) is 5.91 Å². The summed E-state index contributed by atoms with van der Waals surface area (Å²) in [6.07, 6.45) is 0.457. The SMILES string of the molecule is COCCc1noc(-c2ccccc2OC2CN(C(=O)Cc3ccccc3F)C2)n1. The standard InChI is InChI=1S/C22H22FN3O4/c1-28-11-10-20-24-22(30-25-20)17-7-3-5-9-19(17)29-16-13-26(14-16)21(27)12-15-6-2-4-8-18(15)23/h2-9,16H,10-14H2,1H3. The fraction of sp³-hybridized carbons (Fsp3) is 0.318. The fourth-order valence-electron chi connectivity index (χ4n) is 3.22. The summed E-state index contributed by atoms with van der Waals surface area (Å²) in [5.41, 5.74) is 1.10. The number of likely N-dealkylation sites (tertiary alicyclic amines) is 1. The van der Waals surface area contributed by atoms with Crippen molar-refractivity contribution in [3.05, 3.63) is 65.7 Å². The van der Waals surface area contributed by atoms with E-state index in [9.17, 15) is 9.18 Å². The molecule has 0 bridgehead atoms. The summed E-state index contributed by atoms with van der Waals surface area (Å²) in [4.78, 5) is 18.4. The normalized spacial score (nSPS) is 13.9. The number of aromatic nitrogens is 2. The molecule has 8 heteroatoms. The first kappa shape index (κ1) is 20.0. The highest BCUT2D eigenvalue weighted by Crippen LogP contribution is 2.30. The Bertz CT molecular complexity index is 1020. The van der Waals surface area contributed by atoms with Gasteiger partial charge in [-0.05, 0) is 23.8 Å². The molecule has 0 radical (unpaired) electrons. The summed E-state index contributed by atoms with van der Waals surface area (Å²) in [5, 5.41) is 3.96. The predicted octanol–water partition coefficient (Wildman–Crippen LogP) is 2.90. The van der Waals surface area contributed by atoms with E-state index in [1.807, 2.05) is 24.3 Å². The second-order valence-electron chi connectivity index (χ2n) is 7.06. The first-order chi connectivity index (χ1) is 14.6. The molecular formula is C22H22FN3O4. The summed E-state index contributed by atoms with van der Waals surface area (Å²) in [6.45, 7) is 1.41. The molecule has 0 atom stereocenters. The Labute approximate surface area is 173 Å². The average Bonchev–Trinajstić information content (AvgIpc) is 3.19. The number of halogens is 1. The molecule has 1 aromatic heterocycles. The van der Waals surface area contributed by atoms with Gasteiger partial charge in [0.05, 0.1) is 31.7 Å². The van der Waals surface area contributed by atoms with Crippen molar-refractivity contribution in [1.82, 2.24) is 15.0 Å². The molecule has 7 nitrogen and oxygen atoms in total. The zero-order valence-corrected chi connectivity index (χ0v) is 16.6. The second kappa shape index (κ2) is 9.04. The van der Waals surface area contributed by atoms with Crippen molar-refractivity contribution in [2.75, 3.05) is 26.8 Å². The first-order valence-corrected chi connectivity index (χ1v) is 9.73. The van der Waals surface area contributed by atoms with Crippen LogP contribution in [0.1, 0.15) is 11.4 Å². The lowest BCUT2D eigenvalue weighted by Gasteiger charge is -2.39. The number of para-hydroxylation sites is 1. The lowest BCUT2D eigenvalue weighted by molar-refractivity contribution is -0.139. The minimum absolute atomic E-state index is 0.0439. The number of methoxy groups -OCH3 is 1. The number of ether oxygens (including phenoxy) is 2. The summed E-state index contributed by atoms with van der Waals surface area (Å²) in [6, 6.07) is 13.7. The average molecular weight is 411 g/mol. The highest BCUT2D eigenvalue weighted by Gasteiger charge is 2.33. The molecule has 1 saturated heterocycles. The molecule has 3 aromatic rings. The first-order valence-electron chi connectivity index (χ1n) is 9.73. The van der Waals surface area contributed by atoms with Gasteiger partial charge >= 0.3 is 0 Å². The minimum atomic E-state index is -0.363. The van der Waals surface area contributed by atoms with E-state index in [4.69, 9.17) is 14.0 Å². The van der Waals surface area contributed by atoms with Crippen LogP contribution in [0, 0.1) is 5.82 Å². The Kier molecular flexibility index (Phi) is 6.04. The van der Waals surface area contributed by atoms with E-state index in [1.165, 1.54) is 6.07 Å². The molecule has 0 spiro atoms. The van der Waals surface area contributed by atoms with Gasteiger partial charge in [0.25, 0.3) is 5.89 Å². The third-order valence-electron chi connectivity index (χ3n) is 4.91. The predicted molar refractivity (Wildman–Crippen MR) is 106 cm³/mol. The van der Waals surface area contributed by atoms with Crippen LogP contribution in [0.2, 0.25) is 0 Å². The molecule has 0 unspecified atom stereocenters. The van der Waals surface area contributed by atoms with Crippen LogP contribution in [0.5, 0.6) is 5.75 Å². The van der Waals surface area contributed by atoms with E-state index >= 15 is 0 Å². The van der Waals surface area contributed by atoms with Crippen LogP contribution in [0.25, 0.3) is 11.5 Å². The topological polar surface area (TPSA) is 77.7 Å².